The summed E-state index contributed by atoms with van der Waals surface area (Å²) < 4.78 is 5.87. The van der Waals surface area contributed by atoms with Gasteiger partial charge in [-0.25, -0.2) is 0 Å². The second-order valence-electron chi connectivity index (χ2n) is 14.3. The first kappa shape index (κ1) is 37.2. The number of amides is 1. The summed E-state index contributed by atoms with van der Waals surface area (Å²) >= 11 is 0. The fraction of sp³-hybridized carbons (Fsp3) is 0.293. The predicted octanol–water partition coefficient (Wildman–Crippen LogP) is 4.42. The molecule has 0 aliphatic carbocycles. The molecular formula is C41H45BN8O5. The van der Waals surface area contributed by atoms with E-state index in [2.05, 4.69) is 49.9 Å². The minimum atomic E-state index is -0.352. The Hall–Kier alpha value is -6.15. The topological polar surface area (TPSA) is 190 Å². The van der Waals surface area contributed by atoms with Crippen LogP contribution in [0.3, 0.4) is 0 Å². The van der Waals surface area contributed by atoms with Gasteiger partial charge < -0.3 is 15.7 Å². The summed E-state index contributed by atoms with van der Waals surface area (Å²) in [6, 6.07) is 19.0. The van der Waals surface area contributed by atoms with Crippen molar-refractivity contribution in [3.05, 3.63) is 111 Å². The van der Waals surface area contributed by atoms with Gasteiger partial charge >= 0.3 is 201 Å². The number of nitrogens with two attached hydrogens (primary N) is 1. The van der Waals surface area contributed by atoms with Crippen LogP contribution in [-0.2, 0) is 19.4 Å². The van der Waals surface area contributed by atoms with Crippen LogP contribution >= 0.6 is 0 Å². The van der Waals surface area contributed by atoms with Crippen LogP contribution in [0.5, 0.6) is 11.5 Å². The summed E-state index contributed by atoms with van der Waals surface area (Å²) in [5, 5.41) is 29.5. The number of nitrogens with zero attached hydrogens (tertiary/aromatic N) is 4. The second-order valence-corrected chi connectivity index (χ2v) is 14.3. The van der Waals surface area contributed by atoms with Crippen molar-refractivity contribution in [2.75, 3.05) is 38.5 Å². The number of aromatic amines is 2. The molecule has 0 atom stereocenters. The monoisotopic (exact) mass is 740 g/mol. The van der Waals surface area contributed by atoms with Gasteiger partial charge in [0, 0.05) is 11.8 Å². The van der Waals surface area contributed by atoms with Crippen molar-refractivity contribution < 1.29 is 19.5 Å². The van der Waals surface area contributed by atoms with E-state index in [4.69, 9.17) is 10.3 Å². The van der Waals surface area contributed by atoms with Gasteiger partial charge in [-0.15, -0.1) is 0 Å². The number of nitrogen functional groups attached to an aromatic ring is 1. The van der Waals surface area contributed by atoms with E-state index < -0.39 is 0 Å². The number of aromatic nitrogens is 4. The van der Waals surface area contributed by atoms with Crippen molar-refractivity contribution in [2.24, 2.45) is 0 Å². The van der Waals surface area contributed by atoms with E-state index in [0.29, 0.717) is 82.8 Å². The van der Waals surface area contributed by atoms with Crippen LogP contribution in [0.15, 0.2) is 76.2 Å². The van der Waals surface area contributed by atoms with Gasteiger partial charge in [0.05, 0.1) is 5.39 Å². The van der Waals surface area contributed by atoms with Crippen molar-refractivity contribution in [1.29, 1.82) is 0 Å². The molecule has 6 aromatic rings. The van der Waals surface area contributed by atoms with E-state index in [-0.39, 0.29) is 34.8 Å². The average Bonchev–Trinajstić information content (AvgIpc) is 3.79. The van der Waals surface area contributed by atoms with E-state index in [1.54, 1.807) is 12.3 Å². The number of aromatic hydroxyl groups is 2. The first-order valence-corrected chi connectivity index (χ1v) is 18.5. The molecule has 0 bridgehead atoms. The van der Waals surface area contributed by atoms with Crippen LogP contribution in [0.2, 0.25) is 0 Å². The second kappa shape index (κ2) is 15.7. The van der Waals surface area contributed by atoms with Crippen molar-refractivity contribution in [3.8, 4) is 33.9 Å². The number of aryl methyl sites for hydroxylation is 2. The van der Waals surface area contributed by atoms with Gasteiger partial charge in [0.15, 0.2) is 0 Å². The van der Waals surface area contributed by atoms with Crippen LogP contribution in [0, 0.1) is 0 Å². The normalized spacial score (nSPS) is 13.5. The molecule has 1 aliphatic heterocycles. The Morgan fingerprint density at radius 3 is 2.40 bits per heavy atom. The van der Waals surface area contributed by atoms with E-state index in [9.17, 15) is 19.8 Å². The number of phenols is 2. The maximum atomic E-state index is 13.4. The van der Waals surface area contributed by atoms with Crippen LogP contribution in [0.4, 0.5) is 5.95 Å². The zero-order valence-corrected chi connectivity index (χ0v) is 31.3. The Kier molecular flexibility index (Phi) is 10.6. The van der Waals surface area contributed by atoms with Gasteiger partial charge in [0.1, 0.15) is 5.65 Å². The van der Waals surface area contributed by atoms with Crippen LogP contribution in [-0.4, -0.2) is 91.8 Å². The van der Waals surface area contributed by atoms with Crippen molar-refractivity contribution in [1.82, 2.24) is 35.2 Å². The van der Waals surface area contributed by atoms with E-state index >= 15 is 0 Å². The number of H-pyrrole nitrogens is 2. The number of piperazine rings is 1. The Bertz CT molecular complexity index is 2410. The number of benzene rings is 3. The average molecular weight is 741 g/mol. The molecule has 3 aromatic carbocycles. The summed E-state index contributed by atoms with van der Waals surface area (Å²) in [4.78, 5) is 39.8. The molecule has 1 amide bonds. The molecular weight excluding hydrogens is 695 g/mol. The fourth-order valence-corrected chi connectivity index (χ4v) is 7.23. The van der Waals surface area contributed by atoms with Gasteiger partial charge in [-0.3, -0.25) is 9.59 Å². The van der Waals surface area contributed by atoms with E-state index in [0.717, 1.165) is 41.9 Å². The third-order valence-corrected chi connectivity index (χ3v) is 10.2. The molecule has 1 aliphatic rings. The molecule has 13 nitrogen and oxygen atoms in total. The molecule has 3 aromatic heterocycles. The molecule has 0 radical (unpaired) electrons. The molecule has 0 spiro atoms. The van der Waals surface area contributed by atoms with Gasteiger partial charge in [-0.1, -0.05) is 12.1 Å². The Balaban J connectivity index is 0.980. The number of hydrogen-bond acceptors (Lipinski definition) is 10. The maximum absolute atomic E-state index is 13.4. The zero-order chi connectivity index (χ0) is 38.8. The number of carbonyl (C=O) groups excluding carboxylic acids is 1. The van der Waals surface area contributed by atoms with Gasteiger partial charge in [0.25, 0.3) is 11.5 Å². The molecule has 1 saturated heterocycles. The Morgan fingerprint density at radius 2 is 1.71 bits per heavy atom. The van der Waals surface area contributed by atoms with Crippen LogP contribution in [0.1, 0.15) is 65.0 Å². The van der Waals surface area contributed by atoms with Crippen molar-refractivity contribution in [3.63, 3.8) is 0 Å². The SMILES string of the molecule is B=C(NCC)c1noc(-c2cc(C(C)C)c(O)cc2O)c1-c1ccc(CN2CCN(C(=O)c3ccc(CCc4c[nH]c5[nH]c(N)nc(=O)c45)cc3)CC2)cc1. The Labute approximate surface area is 319 Å². The zero-order valence-electron chi connectivity index (χ0n) is 31.3. The van der Waals surface area contributed by atoms with Gasteiger partial charge in [0.2, 0.25) is 5.95 Å². The predicted molar refractivity (Wildman–Crippen MR) is 216 cm³/mol. The van der Waals surface area contributed by atoms with Gasteiger partial charge in [-0.2, -0.15) is 4.98 Å². The summed E-state index contributed by atoms with van der Waals surface area (Å²) in [6.07, 6.45) is 3.16. The first-order valence-electron chi connectivity index (χ1n) is 18.5. The fourth-order valence-electron chi connectivity index (χ4n) is 7.23. The third kappa shape index (κ3) is 7.76. The van der Waals surface area contributed by atoms with E-state index in [1.165, 1.54) is 6.07 Å². The Morgan fingerprint density at radius 1 is 1.00 bits per heavy atom. The molecule has 1 fully saturated rings. The molecule has 7 N–H and O–H groups in total. The summed E-state index contributed by atoms with van der Waals surface area (Å²) in [5.41, 5.74) is 13.4. The summed E-state index contributed by atoms with van der Waals surface area (Å²) in [7, 11) is 4.17. The number of anilines is 1. The molecule has 55 heavy (non-hydrogen) atoms. The van der Waals surface area contributed by atoms with Gasteiger partial charge in [-0.05, 0) is 36.1 Å². The number of hydrogen-bond donors (Lipinski definition) is 6. The summed E-state index contributed by atoms with van der Waals surface area (Å²) in [5.74, 6) is 0.435. The number of phenolic OH excluding ortho intramolecular Hbond substituents is 2. The quantitative estimate of drug-likeness (QED) is 0.0981. The van der Waals surface area contributed by atoms with Crippen molar-refractivity contribution >= 4 is 36.0 Å². The minimum absolute atomic E-state index is 0.0158. The molecule has 4 heterocycles. The first-order chi connectivity index (χ1) is 26.5. The molecule has 0 unspecified atom stereocenters. The number of fused-ring (bicyclic) bond motifs is 1. The van der Waals surface area contributed by atoms with E-state index in [1.807, 2.05) is 62.1 Å². The molecule has 7 rings (SSSR count). The number of nitrogens with one attached hydrogen (secondary N) is 3. The van der Waals surface area contributed by atoms with Crippen molar-refractivity contribution in [2.45, 2.75) is 46.1 Å². The molecule has 282 valence electrons. The third-order valence-electron chi connectivity index (χ3n) is 10.2. The standard InChI is InChI=1S/C41H45BN8O5/c1-4-44-37(42)35-33(36(55-48-35)30-19-29(23(2)3)31(51)20-32(30)52)26-10-8-25(9-11-26)22-49-15-17-50(18-16-49)40(54)27-12-5-24(6-13-27)7-14-28-21-45-38-34(28)39(53)47-41(43)46-38/h5-6,8-13,19-21,23,42,44,51-52H,4,7,14-18,22H2,1-3H3,(H4,43,45,46,47,53). The van der Waals surface area contributed by atoms with Crippen LogP contribution < -0.4 is 16.6 Å². The molecule has 0 saturated carbocycles. The molecule has 14 heteroatoms. The van der Waals surface area contributed by atoms with Crippen LogP contribution in [0.25, 0.3) is 33.5 Å². The number of carbonyl (C=O) groups is 1. The summed E-state index contributed by atoms with van der Waals surface area (Å²) in [6.45, 7) is 10.1. The number of rotatable bonds is 12.